The van der Waals surface area contributed by atoms with Crippen molar-refractivity contribution in [2.45, 2.75) is 31.7 Å². The summed E-state index contributed by atoms with van der Waals surface area (Å²) in [5, 5.41) is 0. The molecule has 4 nitrogen and oxygen atoms in total. The van der Waals surface area contributed by atoms with E-state index < -0.39 is 5.54 Å². The van der Waals surface area contributed by atoms with Crippen molar-refractivity contribution in [1.82, 2.24) is 4.98 Å². The fraction of sp³-hybridized carbons (Fsp3) is 0.500. The van der Waals surface area contributed by atoms with Gasteiger partial charge in [0.2, 0.25) is 0 Å². The predicted octanol–water partition coefficient (Wildman–Crippen LogP) is 1.13. The van der Waals surface area contributed by atoms with Crippen LogP contribution in [0, 0.1) is 0 Å². The van der Waals surface area contributed by atoms with Gasteiger partial charge in [0.15, 0.2) is 0 Å². The van der Waals surface area contributed by atoms with E-state index in [1.165, 1.54) is 0 Å². The average molecular weight is 220 g/mol. The van der Waals surface area contributed by atoms with Crippen LogP contribution in [0.4, 0.5) is 0 Å². The highest BCUT2D eigenvalue weighted by Crippen LogP contribution is 2.36. The van der Waals surface area contributed by atoms with E-state index in [-0.39, 0.29) is 12.4 Å². The Balaban J connectivity index is 2.18. The second-order valence-electron chi connectivity index (χ2n) is 4.14. The number of carbonyl (C=O) groups excluding carboxylic acids is 1. The molecule has 0 aromatic carbocycles. The van der Waals surface area contributed by atoms with Crippen molar-refractivity contribution in [1.29, 1.82) is 0 Å². The highest BCUT2D eigenvalue weighted by molar-refractivity contribution is 5.71. The molecular formula is C12H16N2O2. The smallest absolute Gasteiger partial charge is 0.307 e. The number of esters is 1. The number of nitrogens with two attached hydrogens (primary N) is 1. The molecule has 1 aromatic heterocycles. The van der Waals surface area contributed by atoms with Gasteiger partial charge in [0.25, 0.3) is 0 Å². The van der Waals surface area contributed by atoms with E-state index >= 15 is 0 Å². The molecule has 0 amide bonds. The molecule has 0 fully saturated rings. The van der Waals surface area contributed by atoms with Gasteiger partial charge in [-0.25, -0.2) is 0 Å². The third-order valence-corrected chi connectivity index (χ3v) is 3.00. The lowest BCUT2D eigenvalue weighted by Gasteiger charge is -2.23. The summed E-state index contributed by atoms with van der Waals surface area (Å²) in [6, 6.07) is 3.81. The van der Waals surface area contributed by atoms with Crippen LogP contribution in [-0.2, 0) is 21.5 Å². The van der Waals surface area contributed by atoms with Crippen LogP contribution >= 0.6 is 0 Å². The number of pyridine rings is 1. The Hall–Kier alpha value is -1.42. The van der Waals surface area contributed by atoms with Crippen LogP contribution in [-0.4, -0.2) is 17.6 Å². The molecule has 0 aliphatic heterocycles. The number of ether oxygens (including phenoxy) is 1. The van der Waals surface area contributed by atoms with E-state index in [0.717, 1.165) is 24.1 Å². The minimum Gasteiger partial charge on any atom is -0.466 e. The van der Waals surface area contributed by atoms with Gasteiger partial charge in [-0.3, -0.25) is 9.78 Å². The van der Waals surface area contributed by atoms with Crippen LogP contribution in [0.15, 0.2) is 18.3 Å². The van der Waals surface area contributed by atoms with Crippen molar-refractivity contribution in [3.05, 3.63) is 29.6 Å². The molecule has 1 aliphatic carbocycles. The van der Waals surface area contributed by atoms with Crippen LogP contribution in [0.1, 0.15) is 31.0 Å². The fourth-order valence-corrected chi connectivity index (χ4v) is 2.22. The van der Waals surface area contributed by atoms with Crippen molar-refractivity contribution >= 4 is 5.97 Å². The molecule has 0 radical (unpaired) electrons. The first-order chi connectivity index (χ1) is 7.65. The van der Waals surface area contributed by atoms with E-state index in [9.17, 15) is 4.79 Å². The molecule has 1 heterocycles. The lowest BCUT2D eigenvalue weighted by Crippen LogP contribution is -2.37. The summed E-state index contributed by atoms with van der Waals surface area (Å²) < 4.78 is 4.94. The van der Waals surface area contributed by atoms with Crippen LogP contribution in [0.5, 0.6) is 0 Å². The Labute approximate surface area is 94.8 Å². The minimum atomic E-state index is -0.587. The van der Waals surface area contributed by atoms with Crippen LogP contribution < -0.4 is 5.73 Å². The van der Waals surface area contributed by atoms with Gasteiger partial charge in [0.05, 0.1) is 18.6 Å². The molecule has 0 saturated heterocycles. The topological polar surface area (TPSA) is 65.2 Å². The number of fused-ring (bicyclic) bond motifs is 1. The van der Waals surface area contributed by atoms with Gasteiger partial charge >= 0.3 is 5.97 Å². The molecule has 2 N–H and O–H groups in total. The molecule has 4 heteroatoms. The predicted molar refractivity (Wildman–Crippen MR) is 59.7 cm³/mol. The van der Waals surface area contributed by atoms with E-state index in [2.05, 4.69) is 4.98 Å². The summed E-state index contributed by atoms with van der Waals surface area (Å²) in [5.74, 6) is -0.235. The maximum absolute atomic E-state index is 11.5. The summed E-state index contributed by atoms with van der Waals surface area (Å²) in [6.07, 6.45) is 3.60. The Bertz CT molecular complexity index is 406. The molecule has 0 spiro atoms. The summed E-state index contributed by atoms with van der Waals surface area (Å²) in [4.78, 5) is 15.8. The molecule has 0 saturated carbocycles. The zero-order chi connectivity index (χ0) is 11.6. The molecular weight excluding hydrogens is 204 g/mol. The van der Waals surface area contributed by atoms with E-state index in [1.807, 2.05) is 12.1 Å². The van der Waals surface area contributed by atoms with Crippen LogP contribution in [0.2, 0.25) is 0 Å². The van der Waals surface area contributed by atoms with Gasteiger partial charge in [0.1, 0.15) is 0 Å². The van der Waals surface area contributed by atoms with Gasteiger partial charge in [-0.1, -0.05) is 6.07 Å². The standard InChI is InChI=1S/C12H16N2O2/c1-2-16-11(15)8-12(13)6-5-10-9(12)4-3-7-14-10/h3-4,7H,2,5-6,8,13H2,1H3. The van der Waals surface area contributed by atoms with Crippen molar-refractivity contribution < 1.29 is 9.53 Å². The first-order valence-electron chi connectivity index (χ1n) is 5.54. The first kappa shape index (κ1) is 11.1. The normalized spacial score (nSPS) is 22.9. The summed E-state index contributed by atoms with van der Waals surface area (Å²) in [5.41, 5.74) is 7.67. The largest absolute Gasteiger partial charge is 0.466 e. The molecule has 16 heavy (non-hydrogen) atoms. The SMILES string of the molecule is CCOC(=O)CC1(N)CCc2ncccc21. The van der Waals surface area contributed by atoms with Gasteiger partial charge in [0, 0.05) is 11.9 Å². The lowest BCUT2D eigenvalue weighted by molar-refractivity contribution is -0.144. The highest BCUT2D eigenvalue weighted by Gasteiger charge is 2.37. The maximum atomic E-state index is 11.5. The van der Waals surface area contributed by atoms with Crippen LogP contribution in [0.3, 0.4) is 0 Å². The van der Waals surface area contributed by atoms with E-state index in [4.69, 9.17) is 10.5 Å². The Morgan fingerprint density at radius 3 is 3.25 bits per heavy atom. The quantitative estimate of drug-likeness (QED) is 0.776. The molecule has 86 valence electrons. The Morgan fingerprint density at radius 1 is 1.69 bits per heavy atom. The summed E-state index contributed by atoms with van der Waals surface area (Å²) in [6.45, 7) is 2.19. The van der Waals surface area contributed by atoms with Gasteiger partial charge < -0.3 is 10.5 Å². The second-order valence-corrected chi connectivity index (χ2v) is 4.14. The fourth-order valence-electron chi connectivity index (χ4n) is 2.22. The van der Waals surface area contributed by atoms with Crippen molar-refractivity contribution in [3.8, 4) is 0 Å². The average Bonchev–Trinajstić information content (AvgIpc) is 2.58. The van der Waals surface area contributed by atoms with Crippen molar-refractivity contribution in [2.75, 3.05) is 6.61 Å². The van der Waals surface area contributed by atoms with Crippen molar-refractivity contribution in [3.63, 3.8) is 0 Å². The third kappa shape index (κ3) is 1.93. The second kappa shape index (κ2) is 4.22. The first-order valence-corrected chi connectivity index (χ1v) is 5.54. The molecule has 1 unspecified atom stereocenters. The summed E-state index contributed by atoms with van der Waals surface area (Å²) in [7, 11) is 0. The summed E-state index contributed by atoms with van der Waals surface area (Å²) >= 11 is 0. The number of hydrogen-bond acceptors (Lipinski definition) is 4. The number of aromatic nitrogens is 1. The molecule has 2 rings (SSSR count). The van der Waals surface area contributed by atoms with Gasteiger partial charge in [-0.15, -0.1) is 0 Å². The molecule has 1 atom stereocenters. The number of hydrogen-bond donors (Lipinski definition) is 1. The zero-order valence-corrected chi connectivity index (χ0v) is 9.40. The molecule has 1 aliphatic rings. The monoisotopic (exact) mass is 220 g/mol. The minimum absolute atomic E-state index is 0.235. The molecule has 0 bridgehead atoms. The van der Waals surface area contributed by atoms with Gasteiger partial charge in [-0.2, -0.15) is 0 Å². The molecule has 1 aromatic rings. The number of carbonyl (C=O) groups is 1. The zero-order valence-electron chi connectivity index (χ0n) is 9.40. The van der Waals surface area contributed by atoms with Crippen LogP contribution in [0.25, 0.3) is 0 Å². The highest BCUT2D eigenvalue weighted by atomic mass is 16.5. The Kier molecular flexibility index (Phi) is 2.92. The number of aryl methyl sites for hydroxylation is 1. The maximum Gasteiger partial charge on any atom is 0.307 e. The number of nitrogens with zero attached hydrogens (tertiary/aromatic N) is 1. The third-order valence-electron chi connectivity index (χ3n) is 3.00. The Morgan fingerprint density at radius 2 is 2.50 bits per heavy atom. The van der Waals surface area contributed by atoms with Crippen molar-refractivity contribution in [2.24, 2.45) is 5.73 Å². The lowest BCUT2D eigenvalue weighted by atomic mass is 9.90. The van der Waals surface area contributed by atoms with E-state index in [1.54, 1.807) is 13.1 Å². The van der Waals surface area contributed by atoms with Gasteiger partial charge in [-0.05, 0) is 31.4 Å². The number of rotatable bonds is 3. The van der Waals surface area contributed by atoms with E-state index in [0.29, 0.717) is 6.61 Å².